The Bertz CT molecular complexity index is 390. The Hall–Kier alpha value is -1.55. The first-order chi connectivity index (χ1) is 7.49. The fourth-order valence-electron chi connectivity index (χ4n) is 1.40. The molecule has 0 aromatic heterocycles. The Morgan fingerprint density at radius 2 is 2.19 bits per heavy atom. The van der Waals surface area contributed by atoms with Crippen LogP contribution in [0.1, 0.15) is 24.9 Å². The zero-order valence-electron chi connectivity index (χ0n) is 8.74. The van der Waals surface area contributed by atoms with Gasteiger partial charge in [0.1, 0.15) is 0 Å². The maximum Gasteiger partial charge on any atom is 0.305 e. The number of benzene rings is 1. The molecule has 0 heterocycles. The fourth-order valence-corrected chi connectivity index (χ4v) is 1.59. The van der Waals surface area contributed by atoms with E-state index in [0.717, 1.165) is 0 Å². The highest BCUT2D eigenvalue weighted by molar-refractivity contribution is 6.30. The van der Waals surface area contributed by atoms with Gasteiger partial charge in [-0.3, -0.25) is 9.59 Å². The number of rotatable bonds is 4. The standard InChI is InChI=1S/C11H12ClNO3/c1-7(14)13-10(6-11(15)16)8-3-2-4-9(12)5-8/h2-5,10H,6H2,1H3,(H,13,14)(H,15,16). The molecule has 0 aliphatic carbocycles. The number of carbonyl (C=O) groups is 2. The van der Waals surface area contributed by atoms with Crippen molar-refractivity contribution in [1.29, 1.82) is 0 Å². The quantitative estimate of drug-likeness (QED) is 0.847. The molecule has 5 heteroatoms. The molecule has 0 aliphatic heterocycles. The summed E-state index contributed by atoms with van der Waals surface area (Å²) in [4.78, 5) is 21.6. The van der Waals surface area contributed by atoms with Crippen LogP contribution >= 0.6 is 11.6 Å². The van der Waals surface area contributed by atoms with Crippen molar-refractivity contribution in [3.8, 4) is 0 Å². The first-order valence-electron chi connectivity index (χ1n) is 4.73. The molecule has 0 spiro atoms. The lowest BCUT2D eigenvalue weighted by molar-refractivity contribution is -0.137. The Kier molecular flexibility index (Phi) is 4.31. The van der Waals surface area contributed by atoms with E-state index in [-0.39, 0.29) is 12.3 Å². The lowest BCUT2D eigenvalue weighted by Crippen LogP contribution is -2.27. The SMILES string of the molecule is CC(=O)NC(CC(=O)O)c1cccc(Cl)c1. The number of aliphatic carboxylic acids is 1. The van der Waals surface area contributed by atoms with Gasteiger partial charge in [0.15, 0.2) is 0 Å². The van der Waals surface area contributed by atoms with Crippen molar-refractivity contribution in [3.63, 3.8) is 0 Å². The number of hydrogen-bond donors (Lipinski definition) is 2. The van der Waals surface area contributed by atoms with Crippen LogP contribution in [-0.4, -0.2) is 17.0 Å². The molecule has 0 saturated heterocycles. The second-order valence-corrected chi connectivity index (χ2v) is 3.84. The average molecular weight is 242 g/mol. The first kappa shape index (κ1) is 12.5. The summed E-state index contributed by atoms with van der Waals surface area (Å²) in [5, 5.41) is 11.8. The number of amides is 1. The van der Waals surface area contributed by atoms with Gasteiger partial charge in [-0.05, 0) is 17.7 Å². The van der Waals surface area contributed by atoms with Crippen LogP contribution in [0, 0.1) is 0 Å². The summed E-state index contributed by atoms with van der Waals surface area (Å²) in [6.07, 6.45) is -0.167. The van der Waals surface area contributed by atoms with E-state index in [1.54, 1.807) is 24.3 Å². The van der Waals surface area contributed by atoms with Crippen LogP contribution in [0.3, 0.4) is 0 Å². The van der Waals surface area contributed by atoms with Crippen LogP contribution < -0.4 is 5.32 Å². The number of carboxylic acids is 1. The summed E-state index contributed by atoms with van der Waals surface area (Å²) in [5.74, 6) is -1.25. The van der Waals surface area contributed by atoms with Gasteiger partial charge in [0.2, 0.25) is 5.91 Å². The number of halogens is 1. The third kappa shape index (κ3) is 3.90. The van der Waals surface area contributed by atoms with E-state index in [1.807, 2.05) is 0 Å². The summed E-state index contributed by atoms with van der Waals surface area (Å²) >= 11 is 5.80. The lowest BCUT2D eigenvalue weighted by atomic mass is 10.0. The Morgan fingerprint density at radius 1 is 1.50 bits per heavy atom. The number of hydrogen-bond acceptors (Lipinski definition) is 2. The minimum atomic E-state index is -0.973. The van der Waals surface area contributed by atoms with Gasteiger partial charge in [-0.25, -0.2) is 0 Å². The molecule has 1 rings (SSSR count). The molecule has 16 heavy (non-hydrogen) atoms. The topological polar surface area (TPSA) is 66.4 Å². The van der Waals surface area contributed by atoms with Gasteiger partial charge in [0.25, 0.3) is 0 Å². The Balaban J connectivity index is 2.90. The smallest absolute Gasteiger partial charge is 0.305 e. The van der Waals surface area contributed by atoms with Crippen molar-refractivity contribution in [2.75, 3.05) is 0 Å². The summed E-state index contributed by atoms with van der Waals surface area (Å²) < 4.78 is 0. The molecule has 0 radical (unpaired) electrons. The first-order valence-corrected chi connectivity index (χ1v) is 5.11. The lowest BCUT2D eigenvalue weighted by Gasteiger charge is -2.16. The fraction of sp³-hybridized carbons (Fsp3) is 0.273. The van der Waals surface area contributed by atoms with Crippen LogP contribution in [0.4, 0.5) is 0 Å². The number of nitrogens with one attached hydrogen (secondary N) is 1. The van der Waals surface area contributed by atoms with Gasteiger partial charge in [-0.15, -0.1) is 0 Å². The number of carbonyl (C=O) groups excluding carboxylic acids is 1. The van der Waals surface area contributed by atoms with Gasteiger partial charge in [0.05, 0.1) is 12.5 Å². The normalized spacial score (nSPS) is 11.9. The molecule has 1 atom stereocenters. The van der Waals surface area contributed by atoms with Crippen LogP contribution in [0.25, 0.3) is 0 Å². The maximum atomic E-state index is 11.0. The molecule has 4 nitrogen and oxygen atoms in total. The van der Waals surface area contributed by atoms with Crippen molar-refractivity contribution in [1.82, 2.24) is 5.32 Å². The molecule has 0 fully saturated rings. The predicted molar refractivity (Wildman–Crippen MR) is 60.3 cm³/mol. The molecule has 86 valence electrons. The summed E-state index contributed by atoms with van der Waals surface area (Å²) in [6, 6.07) is 6.24. The van der Waals surface area contributed by atoms with Gasteiger partial charge in [-0.1, -0.05) is 23.7 Å². The molecule has 1 amide bonds. The highest BCUT2D eigenvalue weighted by Gasteiger charge is 2.16. The van der Waals surface area contributed by atoms with E-state index in [4.69, 9.17) is 16.7 Å². The van der Waals surface area contributed by atoms with Crippen molar-refractivity contribution < 1.29 is 14.7 Å². The third-order valence-corrected chi connectivity index (χ3v) is 2.24. The molecule has 0 bridgehead atoms. The van der Waals surface area contributed by atoms with Crippen molar-refractivity contribution >= 4 is 23.5 Å². The summed E-state index contributed by atoms with van der Waals surface area (Å²) in [5.41, 5.74) is 0.685. The summed E-state index contributed by atoms with van der Waals surface area (Å²) in [6.45, 7) is 1.35. The molecule has 1 aromatic rings. The second-order valence-electron chi connectivity index (χ2n) is 3.41. The third-order valence-electron chi connectivity index (χ3n) is 2.01. The van der Waals surface area contributed by atoms with Crippen molar-refractivity contribution in [3.05, 3.63) is 34.9 Å². The van der Waals surface area contributed by atoms with Crippen LogP contribution in [0.2, 0.25) is 5.02 Å². The number of carboxylic acid groups (broad SMARTS) is 1. The van der Waals surface area contributed by atoms with E-state index in [2.05, 4.69) is 5.32 Å². The molecule has 0 aliphatic rings. The summed E-state index contributed by atoms with van der Waals surface area (Å²) in [7, 11) is 0. The largest absolute Gasteiger partial charge is 0.481 e. The molecular formula is C11H12ClNO3. The van der Waals surface area contributed by atoms with Crippen molar-refractivity contribution in [2.45, 2.75) is 19.4 Å². The van der Waals surface area contributed by atoms with Gasteiger partial charge < -0.3 is 10.4 Å². The molecule has 1 aromatic carbocycles. The Morgan fingerprint density at radius 3 is 2.69 bits per heavy atom. The van der Waals surface area contributed by atoms with E-state index in [1.165, 1.54) is 6.92 Å². The van der Waals surface area contributed by atoms with E-state index < -0.39 is 12.0 Å². The zero-order valence-corrected chi connectivity index (χ0v) is 9.49. The van der Waals surface area contributed by atoms with E-state index >= 15 is 0 Å². The molecule has 0 saturated carbocycles. The van der Waals surface area contributed by atoms with Crippen LogP contribution in [-0.2, 0) is 9.59 Å². The van der Waals surface area contributed by atoms with Crippen LogP contribution in [0.15, 0.2) is 24.3 Å². The van der Waals surface area contributed by atoms with Gasteiger partial charge in [-0.2, -0.15) is 0 Å². The second kappa shape index (κ2) is 5.51. The van der Waals surface area contributed by atoms with Gasteiger partial charge >= 0.3 is 5.97 Å². The highest BCUT2D eigenvalue weighted by Crippen LogP contribution is 2.20. The monoisotopic (exact) mass is 241 g/mol. The minimum absolute atomic E-state index is 0.167. The maximum absolute atomic E-state index is 11.0. The molecule has 1 unspecified atom stereocenters. The predicted octanol–water partition coefficient (Wildman–Crippen LogP) is 1.99. The molecular weight excluding hydrogens is 230 g/mol. The Labute approximate surface area is 98.2 Å². The minimum Gasteiger partial charge on any atom is -0.481 e. The van der Waals surface area contributed by atoms with E-state index in [9.17, 15) is 9.59 Å². The molecule has 2 N–H and O–H groups in total. The zero-order chi connectivity index (χ0) is 12.1. The highest BCUT2D eigenvalue weighted by atomic mass is 35.5. The van der Waals surface area contributed by atoms with Gasteiger partial charge in [0, 0.05) is 11.9 Å². The van der Waals surface area contributed by atoms with Crippen molar-refractivity contribution in [2.24, 2.45) is 0 Å². The van der Waals surface area contributed by atoms with E-state index in [0.29, 0.717) is 10.6 Å². The average Bonchev–Trinajstić information content (AvgIpc) is 2.15. The van der Waals surface area contributed by atoms with Crippen LogP contribution in [0.5, 0.6) is 0 Å².